The molecule has 0 radical (unpaired) electrons. The summed E-state index contributed by atoms with van der Waals surface area (Å²) >= 11 is 0. The lowest BCUT2D eigenvalue weighted by Gasteiger charge is -2.31. The second-order valence-electron chi connectivity index (χ2n) is 5.81. The van der Waals surface area contributed by atoms with E-state index >= 15 is 0 Å². The summed E-state index contributed by atoms with van der Waals surface area (Å²) in [5.41, 5.74) is 6.37. The van der Waals surface area contributed by atoms with Gasteiger partial charge in [-0.3, -0.25) is 10.1 Å². The van der Waals surface area contributed by atoms with Crippen LogP contribution >= 0.6 is 0 Å². The van der Waals surface area contributed by atoms with Crippen molar-refractivity contribution < 1.29 is 9.59 Å². The molecule has 5 heteroatoms. The van der Waals surface area contributed by atoms with Crippen molar-refractivity contribution in [2.24, 2.45) is 5.73 Å². The van der Waals surface area contributed by atoms with Gasteiger partial charge in [0.25, 0.3) is 0 Å². The zero-order chi connectivity index (χ0) is 15.3. The number of hydrogen-bond acceptors (Lipinski definition) is 3. The van der Waals surface area contributed by atoms with Gasteiger partial charge in [0.15, 0.2) is 0 Å². The third-order valence-corrected chi connectivity index (χ3v) is 4.33. The van der Waals surface area contributed by atoms with Crippen LogP contribution in [-0.4, -0.2) is 24.5 Å². The SMILES string of the molecule is C[C@H](NCC1(c2ccccc2)CCCC1)C(=O)NC(N)=O. The third kappa shape index (κ3) is 3.82. The minimum Gasteiger partial charge on any atom is -0.351 e. The number of nitrogens with two attached hydrogens (primary N) is 1. The van der Waals surface area contributed by atoms with Gasteiger partial charge in [0.1, 0.15) is 0 Å². The largest absolute Gasteiger partial charge is 0.351 e. The van der Waals surface area contributed by atoms with Crippen LogP contribution in [0, 0.1) is 0 Å². The molecule has 1 aliphatic rings. The Morgan fingerprint density at radius 2 is 1.86 bits per heavy atom. The fraction of sp³-hybridized carbons (Fsp3) is 0.500. The lowest BCUT2D eigenvalue weighted by molar-refractivity contribution is -0.121. The van der Waals surface area contributed by atoms with E-state index in [-0.39, 0.29) is 11.3 Å². The number of amides is 3. The van der Waals surface area contributed by atoms with Crippen LogP contribution in [0.2, 0.25) is 0 Å². The Balaban J connectivity index is 2.01. The first-order valence-corrected chi connectivity index (χ1v) is 7.43. The van der Waals surface area contributed by atoms with Crippen molar-refractivity contribution in [3.05, 3.63) is 35.9 Å². The summed E-state index contributed by atoms with van der Waals surface area (Å²) in [6, 6.07) is 9.17. The van der Waals surface area contributed by atoms with Crippen LogP contribution in [0.1, 0.15) is 38.2 Å². The molecule has 0 aliphatic heterocycles. The second-order valence-corrected chi connectivity index (χ2v) is 5.81. The molecule has 0 spiro atoms. The van der Waals surface area contributed by atoms with Crippen molar-refractivity contribution in [3.8, 4) is 0 Å². The van der Waals surface area contributed by atoms with Gasteiger partial charge in [-0.15, -0.1) is 0 Å². The second kappa shape index (κ2) is 6.72. The fourth-order valence-electron chi connectivity index (χ4n) is 3.08. The van der Waals surface area contributed by atoms with Gasteiger partial charge >= 0.3 is 6.03 Å². The molecule has 4 N–H and O–H groups in total. The molecule has 21 heavy (non-hydrogen) atoms. The van der Waals surface area contributed by atoms with Gasteiger partial charge < -0.3 is 11.1 Å². The maximum atomic E-state index is 11.7. The summed E-state index contributed by atoms with van der Waals surface area (Å²) in [5.74, 6) is -0.385. The van der Waals surface area contributed by atoms with Crippen LogP contribution in [-0.2, 0) is 10.2 Å². The van der Waals surface area contributed by atoms with Crippen LogP contribution in [0.5, 0.6) is 0 Å². The van der Waals surface area contributed by atoms with Gasteiger partial charge in [-0.1, -0.05) is 43.2 Å². The van der Waals surface area contributed by atoms with Gasteiger partial charge in [-0.2, -0.15) is 0 Å². The molecule has 0 aromatic heterocycles. The van der Waals surface area contributed by atoms with E-state index in [1.165, 1.54) is 18.4 Å². The fourth-order valence-corrected chi connectivity index (χ4v) is 3.08. The van der Waals surface area contributed by atoms with Crippen LogP contribution in [0.3, 0.4) is 0 Å². The Morgan fingerprint density at radius 1 is 1.24 bits per heavy atom. The van der Waals surface area contributed by atoms with Crippen LogP contribution < -0.4 is 16.4 Å². The molecule has 1 atom stereocenters. The van der Waals surface area contributed by atoms with E-state index < -0.39 is 12.1 Å². The molecule has 0 heterocycles. The summed E-state index contributed by atoms with van der Waals surface area (Å²) in [4.78, 5) is 22.4. The maximum absolute atomic E-state index is 11.7. The van der Waals surface area contributed by atoms with Crippen molar-refractivity contribution in [1.82, 2.24) is 10.6 Å². The molecule has 114 valence electrons. The quantitative estimate of drug-likeness (QED) is 0.771. The summed E-state index contributed by atoms with van der Waals surface area (Å²) in [6.07, 6.45) is 4.65. The number of benzene rings is 1. The lowest BCUT2D eigenvalue weighted by atomic mass is 9.78. The van der Waals surface area contributed by atoms with Gasteiger partial charge in [0.05, 0.1) is 6.04 Å². The molecule has 1 aromatic carbocycles. The predicted octanol–water partition coefficient (Wildman–Crippen LogP) is 1.67. The molecule has 2 rings (SSSR count). The molecule has 3 amide bonds. The van der Waals surface area contributed by atoms with Crippen LogP contribution in [0.25, 0.3) is 0 Å². The molecule has 5 nitrogen and oxygen atoms in total. The Hall–Kier alpha value is -1.88. The van der Waals surface area contributed by atoms with E-state index in [1.807, 2.05) is 6.07 Å². The standard InChI is InChI=1S/C16H23N3O2/c1-12(14(20)19-15(17)21)18-11-16(9-5-6-10-16)13-7-3-2-4-8-13/h2-4,7-8,12,18H,5-6,9-11H2,1H3,(H3,17,19,20,21)/t12-/m0/s1. The van der Waals surface area contributed by atoms with Crippen molar-refractivity contribution in [3.63, 3.8) is 0 Å². The average Bonchev–Trinajstić information content (AvgIpc) is 2.95. The Morgan fingerprint density at radius 3 is 2.43 bits per heavy atom. The minimum absolute atomic E-state index is 0.0858. The molecular weight excluding hydrogens is 266 g/mol. The van der Waals surface area contributed by atoms with Gasteiger partial charge in [-0.05, 0) is 25.3 Å². The number of urea groups is 1. The molecule has 0 unspecified atom stereocenters. The summed E-state index contributed by atoms with van der Waals surface area (Å²) in [5, 5.41) is 5.36. The van der Waals surface area contributed by atoms with Crippen molar-refractivity contribution in [2.75, 3.05) is 6.54 Å². The van der Waals surface area contributed by atoms with Crippen LogP contribution in [0.4, 0.5) is 4.79 Å². The zero-order valence-corrected chi connectivity index (χ0v) is 12.4. The van der Waals surface area contributed by atoms with Crippen molar-refractivity contribution in [1.29, 1.82) is 0 Å². The van der Waals surface area contributed by atoms with E-state index in [1.54, 1.807) is 6.92 Å². The van der Waals surface area contributed by atoms with E-state index in [9.17, 15) is 9.59 Å². The highest BCUT2D eigenvalue weighted by atomic mass is 16.2. The predicted molar refractivity (Wildman–Crippen MR) is 81.8 cm³/mol. The molecule has 1 aliphatic carbocycles. The number of nitrogens with one attached hydrogen (secondary N) is 2. The number of hydrogen-bond donors (Lipinski definition) is 3. The first-order valence-electron chi connectivity index (χ1n) is 7.43. The molecular formula is C16H23N3O2. The highest BCUT2D eigenvalue weighted by molar-refractivity contribution is 5.96. The Kier molecular flexibility index (Phi) is 4.96. The number of carbonyl (C=O) groups is 2. The highest BCUT2D eigenvalue weighted by Crippen LogP contribution is 2.40. The normalized spacial score (nSPS) is 18.1. The summed E-state index contributed by atoms with van der Waals surface area (Å²) in [7, 11) is 0. The summed E-state index contributed by atoms with van der Waals surface area (Å²) in [6.45, 7) is 2.47. The zero-order valence-electron chi connectivity index (χ0n) is 12.4. The number of primary amides is 1. The molecule has 1 aromatic rings. The third-order valence-electron chi connectivity index (χ3n) is 4.33. The first kappa shape index (κ1) is 15.5. The van der Waals surface area contributed by atoms with Crippen LogP contribution in [0.15, 0.2) is 30.3 Å². The molecule has 0 bridgehead atoms. The Labute approximate surface area is 125 Å². The average molecular weight is 289 g/mol. The van der Waals surface area contributed by atoms with Gasteiger partial charge in [0, 0.05) is 12.0 Å². The summed E-state index contributed by atoms with van der Waals surface area (Å²) < 4.78 is 0. The smallest absolute Gasteiger partial charge is 0.318 e. The van der Waals surface area contributed by atoms with Crippen molar-refractivity contribution >= 4 is 11.9 Å². The first-order chi connectivity index (χ1) is 10.0. The van der Waals surface area contributed by atoms with Gasteiger partial charge in [0.2, 0.25) is 5.91 Å². The lowest BCUT2D eigenvalue weighted by Crippen LogP contribution is -2.49. The number of imide groups is 1. The van der Waals surface area contributed by atoms with E-state index in [2.05, 4.69) is 34.9 Å². The van der Waals surface area contributed by atoms with E-state index in [4.69, 9.17) is 5.73 Å². The monoisotopic (exact) mass is 289 g/mol. The topological polar surface area (TPSA) is 84.2 Å². The minimum atomic E-state index is -0.813. The van der Waals surface area contributed by atoms with Crippen molar-refractivity contribution in [2.45, 2.75) is 44.1 Å². The maximum Gasteiger partial charge on any atom is 0.318 e. The highest BCUT2D eigenvalue weighted by Gasteiger charge is 2.35. The number of carbonyl (C=O) groups excluding carboxylic acids is 2. The van der Waals surface area contributed by atoms with Gasteiger partial charge in [-0.25, -0.2) is 4.79 Å². The number of rotatable bonds is 5. The Bertz CT molecular complexity index is 496. The molecule has 1 saturated carbocycles. The van der Waals surface area contributed by atoms with E-state index in [0.29, 0.717) is 0 Å². The molecule has 0 saturated heterocycles. The molecule has 1 fully saturated rings. The van der Waals surface area contributed by atoms with E-state index in [0.717, 1.165) is 19.4 Å².